The zero-order chi connectivity index (χ0) is 13.8. The molecular formula is C14H23NO2S. The van der Waals surface area contributed by atoms with Crippen molar-refractivity contribution in [1.82, 2.24) is 0 Å². The number of benzene rings is 1. The Bertz CT molecular complexity index is 492. The van der Waals surface area contributed by atoms with Gasteiger partial charge in [0.2, 0.25) is 0 Å². The monoisotopic (exact) mass is 269 g/mol. The van der Waals surface area contributed by atoms with Gasteiger partial charge in [0.05, 0.1) is 11.5 Å². The highest BCUT2D eigenvalue weighted by molar-refractivity contribution is 7.90. The van der Waals surface area contributed by atoms with Crippen molar-refractivity contribution in [1.29, 1.82) is 0 Å². The van der Waals surface area contributed by atoms with Crippen LogP contribution in [0.3, 0.4) is 0 Å². The molecule has 2 N–H and O–H groups in total. The molecule has 0 saturated carbocycles. The molecule has 0 aliphatic rings. The SMILES string of the molecule is Cc1ccccc1CS(=O)(=O)CCC(C)(C)CN. The Kier molecular flexibility index (Phi) is 4.93. The van der Waals surface area contributed by atoms with Crippen molar-refractivity contribution in [3.8, 4) is 0 Å². The van der Waals surface area contributed by atoms with E-state index in [1.54, 1.807) is 0 Å². The summed E-state index contributed by atoms with van der Waals surface area (Å²) in [6.07, 6.45) is 0.609. The Morgan fingerprint density at radius 1 is 1.22 bits per heavy atom. The van der Waals surface area contributed by atoms with Crippen LogP contribution in [0, 0.1) is 12.3 Å². The van der Waals surface area contributed by atoms with Gasteiger partial charge in [0.15, 0.2) is 9.84 Å². The second kappa shape index (κ2) is 5.85. The van der Waals surface area contributed by atoms with Crippen molar-refractivity contribution in [2.45, 2.75) is 32.9 Å². The normalized spacial score (nSPS) is 12.7. The molecule has 18 heavy (non-hydrogen) atoms. The standard InChI is InChI=1S/C14H23NO2S/c1-12-6-4-5-7-13(12)10-18(16,17)9-8-14(2,3)11-15/h4-7H,8-11,15H2,1-3H3. The van der Waals surface area contributed by atoms with Gasteiger partial charge in [-0.3, -0.25) is 0 Å². The smallest absolute Gasteiger partial charge is 0.154 e. The fraction of sp³-hybridized carbons (Fsp3) is 0.571. The first-order valence-corrected chi connectivity index (χ1v) is 8.03. The van der Waals surface area contributed by atoms with Crippen LogP contribution < -0.4 is 5.73 Å². The first-order chi connectivity index (χ1) is 8.26. The first-order valence-electron chi connectivity index (χ1n) is 6.21. The van der Waals surface area contributed by atoms with E-state index in [9.17, 15) is 8.42 Å². The summed E-state index contributed by atoms with van der Waals surface area (Å²) in [5.74, 6) is 0.325. The lowest BCUT2D eigenvalue weighted by Crippen LogP contribution is -2.26. The number of hydrogen-bond acceptors (Lipinski definition) is 3. The molecule has 4 heteroatoms. The van der Waals surface area contributed by atoms with E-state index in [1.807, 2.05) is 45.0 Å². The van der Waals surface area contributed by atoms with Gasteiger partial charge in [-0.1, -0.05) is 38.1 Å². The molecule has 0 amide bonds. The molecule has 1 aromatic rings. The summed E-state index contributed by atoms with van der Waals surface area (Å²) in [6.45, 7) is 6.44. The summed E-state index contributed by atoms with van der Waals surface area (Å²) in [4.78, 5) is 0. The van der Waals surface area contributed by atoms with Gasteiger partial charge in [-0.05, 0) is 36.4 Å². The van der Waals surface area contributed by atoms with E-state index >= 15 is 0 Å². The van der Waals surface area contributed by atoms with Crippen LogP contribution >= 0.6 is 0 Å². The van der Waals surface area contributed by atoms with Crippen LogP contribution in [0.5, 0.6) is 0 Å². The predicted octanol–water partition coefficient (Wildman–Crippen LogP) is 2.28. The summed E-state index contributed by atoms with van der Waals surface area (Å²) < 4.78 is 24.1. The van der Waals surface area contributed by atoms with Gasteiger partial charge in [0, 0.05) is 0 Å². The average Bonchev–Trinajstić information content (AvgIpc) is 2.30. The Morgan fingerprint density at radius 2 is 1.83 bits per heavy atom. The average molecular weight is 269 g/mol. The van der Waals surface area contributed by atoms with Crippen LogP contribution in [0.25, 0.3) is 0 Å². The van der Waals surface area contributed by atoms with E-state index in [-0.39, 0.29) is 16.9 Å². The first kappa shape index (κ1) is 15.2. The largest absolute Gasteiger partial charge is 0.330 e. The number of aryl methyl sites for hydroxylation is 1. The summed E-state index contributed by atoms with van der Waals surface area (Å²) in [7, 11) is -3.06. The van der Waals surface area contributed by atoms with Crippen molar-refractivity contribution in [2.24, 2.45) is 11.1 Å². The van der Waals surface area contributed by atoms with E-state index < -0.39 is 9.84 Å². The van der Waals surface area contributed by atoms with Gasteiger partial charge in [-0.2, -0.15) is 0 Å². The Labute approximate surface area is 110 Å². The minimum atomic E-state index is -3.06. The van der Waals surface area contributed by atoms with E-state index in [1.165, 1.54) is 0 Å². The van der Waals surface area contributed by atoms with Gasteiger partial charge in [0.1, 0.15) is 0 Å². The van der Waals surface area contributed by atoms with Crippen LogP contribution in [0.15, 0.2) is 24.3 Å². The van der Waals surface area contributed by atoms with E-state index in [2.05, 4.69) is 0 Å². The number of hydrogen-bond donors (Lipinski definition) is 1. The van der Waals surface area contributed by atoms with Crippen molar-refractivity contribution in [2.75, 3.05) is 12.3 Å². The van der Waals surface area contributed by atoms with E-state index in [0.717, 1.165) is 11.1 Å². The zero-order valence-electron chi connectivity index (χ0n) is 11.4. The topological polar surface area (TPSA) is 60.2 Å². The van der Waals surface area contributed by atoms with Gasteiger partial charge in [0.25, 0.3) is 0 Å². The third-order valence-electron chi connectivity index (χ3n) is 3.28. The van der Waals surface area contributed by atoms with Crippen molar-refractivity contribution in [3.05, 3.63) is 35.4 Å². The van der Waals surface area contributed by atoms with Crippen LogP contribution in [0.2, 0.25) is 0 Å². The lowest BCUT2D eigenvalue weighted by molar-refractivity contribution is 0.365. The number of rotatable bonds is 6. The molecule has 0 saturated heterocycles. The summed E-state index contributed by atoms with van der Waals surface area (Å²) in [5.41, 5.74) is 7.42. The molecule has 0 spiro atoms. The minimum absolute atomic E-state index is 0.112. The fourth-order valence-electron chi connectivity index (χ4n) is 1.61. The zero-order valence-corrected chi connectivity index (χ0v) is 12.3. The lowest BCUT2D eigenvalue weighted by atomic mass is 9.91. The molecule has 0 radical (unpaired) electrons. The van der Waals surface area contributed by atoms with Gasteiger partial charge < -0.3 is 5.73 Å². The van der Waals surface area contributed by atoms with Crippen LogP contribution in [0.1, 0.15) is 31.4 Å². The second-order valence-corrected chi connectivity index (χ2v) is 7.82. The maximum atomic E-state index is 12.1. The number of nitrogens with two attached hydrogens (primary N) is 1. The molecule has 0 fully saturated rings. The third kappa shape index (κ3) is 4.78. The molecule has 0 aliphatic heterocycles. The van der Waals surface area contributed by atoms with Gasteiger partial charge in [-0.15, -0.1) is 0 Å². The van der Waals surface area contributed by atoms with Gasteiger partial charge in [-0.25, -0.2) is 8.42 Å². The molecule has 0 aliphatic carbocycles. The van der Waals surface area contributed by atoms with Crippen LogP contribution in [-0.4, -0.2) is 20.7 Å². The highest BCUT2D eigenvalue weighted by atomic mass is 32.2. The van der Waals surface area contributed by atoms with Crippen molar-refractivity contribution in [3.63, 3.8) is 0 Å². The van der Waals surface area contributed by atoms with Crippen LogP contribution in [0.4, 0.5) is 0 Å². The maximum absolute atomic E-state index is 12.1. The summed E-state index contributed by atoms with van der Waals surface area (Å²) >= 11 is 0. The molecule has 1 rings (SSSR count). The Morgan fingerprint density at radius 3 is 2.39 bits per heavy atom. The quantitative estimate of drug-likeness (QED) is 0.862. The maximum Gasteiger partial charge on any atom is 0.154 e. The highest BCUT2D eigenvalue weighted by Crippen LogP contribution is 2.21. The highest BCUT2D eigenvalue weighted by Gasteiger charge is 2.21. The summed E-state index contributed by atoms with van der Waals surface area (Å²) in [5, 5.41) is 0. The van der Waals surface area contributed by atoms with Gasteiger partial charge >= 0.3 is 0 Å². The third-order valence-corrected chi connectivity index (χ3v) is 4.86. The lowest BCUT2D eigenvalue weighted by Gasteiger charge is -2.21. The predicted molar refractivity (Wildman–Crippen MR) is 76.1 cm³/mol. The van der Waals surface area contributed by atoms with E-state index in [0.29, 0.717) is 13.0 Å². The Hall–Kier alpha value is -0.870. The molecule has 0 heterocycles. The summed E-state index contributed by atoms with van der Waals surface area (Å²) in [6, 6.07) is 7.61. The number of sulfone groups is 1. The molecule has 0 bridgehead atoms. The molecule has 0 aromatic heterocycles. The molecule has 3 nitrogen and oxygen atoms in total. The Balaban J connectivity index is 2.69. The van der Waals surface area contributed by atoms with E-state index in [4.69, 9.17) is 5.73 Å². The molecular weight excluding hydrogens is 246 g/mol. The fourth-order valence-corrected chi connectivity index (χ4v) is 3.42. The minimum Gasteiger partial charge on any atom is -0.330 e. The van der Waals surface area contributed by atoms with Crippen LogP contribution in [-0.2, 0) is 15.6 Å². The molecule has 0 unspecified atom stereocenters. The van der Waals surface area contributed by atoms with Crippen molar-refractivity contribution >= 4 is 9.84 Å². The second-order valence-electron chi connectivity index (χ2n) is 5.64. The molecule has 0 atom stereocenters. The molecule has 1 aromatic carbocycles. The molecule has 102 valence electrons. The van der Waals surface area contributed by atoms with Crippen molar-refractivity contribution < 1.29 is 8.42 Å².